The van der Waals surface area contributed by atoms with E-state index < -0.39 is 10.0 Å². The van der Waals surface area contributed by atoms with Crippen molar-refractivity contribution in [2.75, 3.05) is 0 Å². The van der Waals surface area contributed by atoms with Crippen LogP contribution >= 0.6 is 0 Å². The molecule has 0 unspecified atom stereocenters. The number of hydrogen-bond acceptors (Lipinski definition) is 3. The van der Waals surface area contributed by atoms with Crippen molar-refractivity contribution in [3.63, 3.8) is 0 Å². The van der Waals surface area contributed by atoms with Crippen LogP contribution in [0.1, 0.15) is 35.7 Å². The van der Waals surface area contributed by atoms with Crippen LogP contribution in [0.25, 0.3) is 0 Å². The zero-order valence-electron chi connectivity index (χ0n) is 13.3. The van der Waals surface area contributed by atoms with Crippen molar-refractivity contribution in [2.45, 2.75) is 37.2 Å². The van der Waals surface area contributed by atoms with Crippen LogP contribution in [0.2, 0.25) is 0 Å². The van der Waals surface area contributed by atoms with E-state index in [1.165, 1.54) is 35.5 Å². The number of carbonyl (C=O) groups excluding carboxylic acids is 1. The Hall–Kier alpha value is -2.05. The molecule has 2 aromatic carbocycles. The van der Waals surface area contributed by atoms with E-state index in [9.17, 15) is 17.6 Å². The topological polar surface area (TPSA) is 54.5 Å². The summed E-state index contributed by atoms with van der Waals surface area (Å²) in [4.78, 5) is 11.6. The summed E-state index contributed by atoms with van der Waals surface area (Å²) < 4.78 is 40.5. The molecule has 1 saturated carbocycles. The molecular formula is C18H18FNO3S. The predicted molar refractivity (Wildman–Crippen MR) is 88.6 cm³/mol. The summed E-state index contributed by atoms with van der Waals surface area (Å²) in [5.41, 5.74) is 1.10. The van der Waals surface area contributed by atoms with Crippen molar-refractivity contribution < 1.29 is 17.6 Å². The third-order valence-corrected chi connectivity index (χ3v) is 5.95. The second-order valence-electron chi connectivity index (χ2n) is 5.99. The van der Waals surface area contributed by atoms with E-state index in [1.54, 1.807) is 24.3 Å². The van der Waals surface area contributed by atoms with Gasteiger partial charge in [0.25, 0.3) is 0 Å². The van der Waals surface area contributed by atoms with Gasteiger partial charge in [-0.25, -0.2) is 12.8 Å². The highest BCUT2D eigenvalue weighted by atomic mass is 32.2. The summed E-state index contributed by atoms with van der Waals surface area (Å²) in [6, 6.07) is 11.9. The maximum Gasteiger partial charge on any atom is 0.243 e. The van der Waals surface area contributed by atoms with Gasteiger partial charge in [-0.15, -0.1) is 0 Å². The van der Waals surface area contributed by atoms with Gasteiger partial charge in [0.1, 0.15) is 5.82 Å². The third kappa shape index (κ3) is 3.55. The summed E-state index contributed by atoms with van der Waals surface area (Å²) in [5.74, 6) is -0.530. The molecule has 6 heteroatoms. The first-order valence-electron chi connectivity index (χ1n) is 7.75. The fraction of sp³-hybridized carbons (Fsp3) is 0.278. The first-order chi connectivity index (χ1) is 11.4. The van der Waals surface area contributed by atoms with Crippen molar-refractivity contribution in [1.82, 2.24) is 4.31 Å². The monoisotopic (exact) mass is 347 g/mol. The van der Waals surface area contributed by atoms with Crippen molar-refractivity contribution in [3.05, 3.63) is 65.5 Å². The average molecular weight is 347 g/mol. The van der Waals surface area contributed by atoms with Gasteiger partial charge in [0, 0.05) is 18.2 Å². The van der Waals surface area contributed by atoms with Crippen molar-refractivity contribution >= 4 is 15.8 Å². The highest BCUT2D eigenvalue weighted by Gasteiger charge is 2.38. The number of halogens is 1. The number of hydrogen-bond donors (Lipinski definition) is 0. The first-order valence-corrected chi connectivity index (χ1v) is 9.19. The molecule has 1 fully saturated rings. The summed E-state index contributed by atoms with van der Waals surface area (Å²) in [6.45, 7) is 1.60. The lowest BCUT2D eigenvalue weighted by Crippen LogP contribution is -2.32. The normalized spacial score (nSPS) is 14.8. The van der Waals surface area contributed by atoms with Gasteiger partial charge in [0.2, 0.25) is 10.0 Å². The Balaban J connectivity index is 1.93. The molecule has 4 nitrogen and oxygen atoms in total. The maximum atomic E-state index is 13.1. The van der Waals surface area contributed by atoms with Gasteiger partial charge in [-0.1, -0.05) is 24.3 Å². The first kappa shape index (κ1) is 16.8. The molecule has 0 amide bonds. The second-order valence-corrected chi connectivity index (χ2v) is 7.88. The Bertz CT molecular complexity index is 858. The summed E-state index contributed by atoms with van der Waals surface area (Å²) >= 11 is 0. The van der Waals surface area contributed by atoms with Gasteiger partial charge < -0.3 is 0 Å². The minimum atomic E-state index is -3.71. The van der Waals surface area contributed by atoms with Crippen LogP contribution in [-0.4, -0.2) is 24.5 Å². The Morgan fingerprint density at radius 3 is 2.42 bits per heavy atom. The Morgan fingerprint density at radius 2 is 1.83 bits per heavy atom. The zero-order valence-corrected chi connectivity index (χ0v) is 14.1. The van der Waals surface area contributed by atoms with E-state index in [0.29, 0.717) is 5.56 Å². The SMILES string of the molecule is CC(=O)c1cccc(S(=O)(=O)N(Cc2ccc(F)cc2)C2CC2)c1. The quantitative estimate of drug-likeness (QED) is 0.753. The second kappa shape index (κ2) is 6.45. The maximum absolute atomic E-state index is 13.1. The molecule has 2 aromatic rings. The average Bonchev–Trinajstić information content (AvgIpc) is 3.39. The van der Waals surface area contributed by atoms with Crippen LogP contribution in [-0.2, 0) is 16.6 Å². The standard InChI is InChI=1S/C18H18FNO3S/c1-13(21)15-3-2-4-18(11-15)24(22,23)20(17-9-10-17)12-14-5-7-16(19)8-6-14/h2-8,11,17H,9-10,12H2,1H3. The van der Waals surface area contributed by atoms with Crippen LogP contribution in [0.15, 0.2) is 53.4 Å². The molecule has 126 valence electrons. The van der Waals surface area contributed by atoms with Gasteiger partial charge in [-0.05, 0) is 49.6 Å². The fourth-order valence-electron chi connectivity index (χ4n) is 2.55. The molecule has 0 bridgehead atoms. The van der Waals surface area contributed by atoms with Crippen molar-refractivity contribution in [2.24, 2.45) is 0 Å². The van der Waals surface area contributed by atoms with Gasteiger partial charge >= 0.3 is 0 Å². The number of rotatable bonds is 6. The van der Waals surface area contributed by atoms with Crippen LogP contribution in [0, 0.1) is 5.82 Å². The predicted octanol–water partition coefficient (Wildman–Crippen LogP) is 3.38. The van der Waals surface area contributed by atoms with Gasteiger partial charge in [-0.3, -0.25) is 4.79 Å². The number of sulfonamides is 1. The number of nitrogens with zero attached hydrogens (tertiary/aromatic N) is 1. The van der Waals surface area contributed by atoms with Crippen LogP contribution < -0.4 is 0 Å². The van der Waals surface area contributed by atoms with E-state index in [4.69, 9.17) is 0 Å². The Labute approximate surface area is 141 Å². The van der Waals surface area contributed by atoms with Crippen molar-refractivity contribution in [1.29, 1.82) is 0 Å². The van der Waals surface area contributed by atoms with E-state index in [0.717, 1.165) is 18.4 Å². The Kier molecular flexibility index (Phi) is 4.51. The minimum Gasteiger partial charge on any atom is -0.295 e. The highest BCUT2D eigenvalue weighted by molar-refractivity contribution is 7.89. The third-order valence-electron chi connectivity index (χ3n) is 4.05. The molecule has 0 heterocycles. The zero-order chi connectivity index (χ0) is 17.3. The molecule has 0 aliphatic heterocycles. The van der Waals surface area contributed by atoms with E-state index in [1.807, 2.05) is 0 Å². The van der Waals surface area contributed by atoms with E-state index in [2.05, 4.69) is 0 Å². The van der Waals surface area contributed by atoms with Gasteiger partial charge in [0.05, 0.1) is 4.90 Å². The van der Waals surface area contributed by atoms with Gasteiger partial charge in [0.15, 0.2) is 5.78 Å². The van der Waals surface area contributed by atoms with Crippen LogP contribution in [0.5, 0.6) is 0 Å². The van der Waals surface area contributed by atoms with Crippen molar-refractivity contribution in [3.8, 4) is 0 Å². The largest absolute Gasteiger partial charge is 0.295 e. The molecule has 0 saturated heterocycles. The number of Topliss-reactive ketones (excluding diaryl/α,β-unsaturated/α-hetero) is 1. The number of ketones is 1. The van der Waals surface area contributed by atoms with Crippen LogP contribution in [0.3, 0.4) is 0 Å². The molecule has 3 rings (SSSR count). The molecule has 0 radical (unpaired) electrons. The van der Waals surface area contributed by atoms with Crippen LogP contribution in [0.4, 0.5) is 4.39 Å². The molecule has 1 aliphatic rings. The van der Waals surface area contributed by atoms with Gasteiger partial charge in [-0.2, -0.15) is 4.31 Å². The summed E-state index contributed by atoms with van der Waals surface area (Å²) in [6.07, 6.45) is 1.62. The molecule has 24 heavy (non-hydrogen) atoms. The molecule has 0 spiro atoms. The molecule has 0 aromatic heterocycles. The molecule has 0 N–H and O–H groups in total. The lowest BCUT2D eigenvalue weighted by Gasteiger charge is -2.22. The van der Waals surface area contributed by atoms with E-state index >= 15 is 0 Å². The summed E-state index contributed by atoms with van der Waals surface area (Å²) in [7, 11) is -3.71. The molecule has 0 atom stereocenters. The lowest BCUT2D eigenvalue weighted by molar-refractivity contribution is 0.101. The molecule has 1 aliphatic carbocycles. The number of benzene rings is 2. The van der Waals surface area contributed by atoms with E-state index in [-0.39, 0.29) is 29.1 Å². The number of carbonyl (C=O) groups is 1. The molecular weight excluding hydrogens is 329 g/mol. The highest BCUT2D eigenvalue weighted by Crippen LogP contribution is 2.33. The smallest absolute Gasteiger partial charge is 0.243 e. The fourth-order valence-corrected chi connectivity index (χ4v) is 4.27. The Morgan fingerprint density at radius 1 is 1.17 bits per heavy atom. The minimum absolute atomic E-state index is 0.0407. The summed E-state index contributed by atoms with van der Waals surface area (Å²) in [5, 5.41) is 0. The lowest BCUT2D eigenvalue weighted by atomic mass is 10.2.